The van der Waals surface area contributed by atoms with Gasteiger partial charge in [-0.25, -0.2) is 8.42 Å². The molecule has 0 heterocycles. The Labute approximate surface area is 184 Å². The fourth-order valence-electron chi connectivity index (χ4n) is 3.25. The maximum absolute atomic E-state index is 13.0. The van der Waals surface area contributed by atoms with E-state index in [1.165, 1.54) is 29.6 Å². The Hall–Kier alpha value is -1.93. The highest BCUT2D eigenvalue weighted by Gasteiger charge is 2.24. The number of benzene rings is 2. The lowest BCUT2D eigenvalue weighted by molar-refractivity contribution is 0.0934. The van der Waals surface area contributed by atoms with Gasteiger partial charge in [0.1, 0.15) is 0 Å². The molecular weight excluding hydrogens is 422 g/mol. The average Bonchev–Trinajstić information content (AvgIpc) is 2.68. The highest BCUT2D eigenvalue weighted by Crippen LogP contribution is 2.23. The molecule has 0 aliphatic carbocycles. The molecule has 0 aromatic heterocycles. The van der Waals surface area contributed by atoms with Crippen LogP contribution in [0, 0.1) is 5.92 Å². The van der Waals surface area contributed by atoms with Gasteiger partial charge in [-0.1, -0.05) is 55.8 Å². The Morgan fingerprint density at radius 3 is 2.27 bits per heavy atom. The number of carbonyl (C=O) groups excluding carboxylic acids is 1. The molecule has 8 heteroatoms. The van der Waals surface area contributed by atoms with Crippen LogP contribution in [0.4, 0.5) is 0 Å². The number of hydrogen-bond acceptors (Lipinski definition) is 4. The zero-order chi connectivity index (χ0) is 22.5. The van der Waals surface area contributed by atoms with Crippen LogP contribution in [0.3, 0.4) is 0 Å². The third-order valence-corrected chi connectivity index (χ3v) is 7.17. The van der Waals surface area contributed by atoms with E-state index in [4.69, 9.17) is 11.6 Å². The van der Waals surface area contributed by atoms with Crippen molar-refractivity contribution in [2.45, 2.75) is 31.3 Å². The zero-order valence-corrected chi connectivity index (χ0v) is 19.7. The van der Waals surface area contributed by atoms with Gasteiger partial charge in [-0.05, 0) is 43.8 Å². The van der Waals surface area contributed by atoms with Crippen molar-refractivity contribution in [1.82, 2.24) is 14.5 Å². The summed E-state index contributed by atoms with van der Waals surface area (Å²) in [5.41, 5.74) is 1.02. The summed E-state index contributed by atoms with van der Waals surface area (Å²) in [6.45, 7) is 4.83. The monoisotopic (exact) mass is 451 g/mol. The minimum Gasteiger partial charge on any atom is -0.350 e. The van der Waals surface area contributed by atoms with E-state index in [1.807, 2.05) is 49.3 Å². The summed E-state index contributed by atoms with van der Waals surface area (Å²) in [4.78, 5) is 14.8. The van der Waals surface area contributed by atoms with Gasteiger partial charge in [-0.15, -0.1) is 0 Å². The van der Waals surface area contributed by atoms with E-state index < -0.39 is 15.9 Å². The van der Waals surface area contributed by atoms with Crippen LogP contribution >= 0.6 is 11.6 Å². The van der Waals surface area contributed by atoms with Crippen molar-refractivity contribution in [3.8, 4) is 0 Å². The molecule has 1 amide bonds. The quantitative estimate of drug-likeness (QED) is 0.633. The van der Waals surface area contributed by atoms with E-state index in [0.717, 1.165) is 5.56 Å². The van der Waals surface area contributed by atoms with Crippen LogP contribution in [-0.4, -0.2) is 57.3 Å². The van der Waals surface area contributed by atoms with E-state index >= 15 is 0 Å². The van der Waals surface area contributed by atoms with E-state index in [0.29, 0.717) is 12.5 Å². The van der Waals surface area contributed by atoms with Gasteiger partial charge in [0.15, 0.2) is 0 Å². The second-order valence-corrected chi connectivity index (χ2v) is 10.3. The van der Waals surface area contributed by atoms with Gasteiger partial charge < -0.3 is 10.2 Å². The first kappa shape index (κ1) is 24.3. The molecule has 0 saturated heterocycles. The average molecular weight is 452 g/mol. The van der Waals surface area contributed by atoms with Crippen LogP contribution in [0.15, 0.2) is 53.4 Å². The molecule has 1 N–H and O–H groups in total. The zero-order valence-electron chi connectivity index (χ0n) is 18.1. The van der Waals surface area contributed by atoms with Crippen molar-refractivity contribution >= 4 is 27.5 Å². The summed E-state index contributed by atoms with van der Waals surface area (Å²) in [6, 6.07) is 13.7. The molecule has 1 atom stereocenters. The summed E-state index contributed by atoms with van der Waals surface area (Å²) in [5, 5.41) is 3.09. The molecule has 6 nitrogen and oxygen atoms in total. The molecule has 0 bridgehead atoms. The summed E-state index contributed by atoms with van der Waals surface area (Å²) >= 11 is 6.21. The van der Waals surface area contributed by atoms with Crippen LogP contribution in [0.25, 0.3) is 0 Å². The van der Waals surface area contributed by atoms with E-state index in [-0.39, 0.29) is 28.1 Å². The first-order valence-electron chi connectivity index (χ1n) is 9.78. The molecule has 2 aromatic carbocycles. The number of halogens is 1. The molecule has 0 aliphatic rings. The minimum atomic E-state index is -3.78. The minimum absolute atomic E-state index is 0.0310. The van der Waals surface area contributed by atoms with E-state index in [1.54, 1.807) is 0 Å². The number of hydrogen-bond donors (Lipinski definition) is 1. The number of amides is 1. The summed E-state index contributed by atoms with van der Waals surface area (Å²) in [7, 11) is 1.65. The Kier molecular flexibility index (Phi) is 8.43. The number of nitrogens with one attached hydrogen (secondary N) is 1. The molecule has 30 heavy (non-hydrogen) atoms. The topological polar surface area (TPSA) is 69.7 Å². The van der Waals surface area contributed by atoms with Gasteiger partial charge in [0.2, 0.25) is 10.0 Å². The highest BCUT2D eigenvalue weighted by molar-refractivity contribution is 7.89. The molecule has 0 spiro atoms. The van der Waals surface area contributed by atoms with Crippen LogP contribution < -0.4 is 5.32 Å². The van der Waals surface area contributed by atoms with Crippen LogP contribution in [0.5, 0.6) is 0 Å². The number of nitrogens with zero attached hydrogens (tertiary/aromatic N) is 2. The van der Waals surface area contributed by atoms with Crippen LogP contribution in [-0.2, 0) is 16.6 Å². The molecule has 164 valence electrons. The van der Waals surface area contributed by atoms with Crippen molar-refractivity contribution in [2.75, 3.05) is 27.7 Å². The van der Waals surface area contributed by atoms with E-state index in [9.17, 15) is 13.2 Å². The smallest absolute Gasteiger partial charge is 0.252 e. The lowest BCUT2D eigenvalue weighted by atomic mass is 10.0. The number of carbonyl (C=O) groups is 1. The first-order valence-corrected chi connectivity index (χ1v) is 11.6. The van der Waals surface area contributed by atoms with Crippen molar-refractivity contribution in [1.29, 1.82) is 0 Å². The Morgan fingerprint density at radius 2 is 1.70 bits per heavy atom. The molecule has 2 rings (SSSR count). The van der Waals surface area contributed by atoms with Gasteiger partial charge in [-0.2, -0.15) is 4.31 Å². The second-order valence-electron chi connectivity index (χ2n) is 7.87. The fourth-order valence-corrected chi connectivity index (χ4v) is 4.64. The molecule has 0 aliphatic heterocycles. The summed E-state index contributed by atoms with van der Waals surface area (Å²) < 4.78 is 27.3. The summed E-state index contributed by atoms with van der Waals surface area (Å²) in [5.74, 6) is -0.0515. The van der Waals surface area contributed by atoms with Gasteiger partial charge >= 0.3 is 0 Å². The Bertz CT molecular complexity index is 955. The van der Waals surface area contributed by atoms with Gasteiger partial charge in [0, 0.05) is 26.2 Å². The first-order chi connectivity index (χ1) is 14.0. The van der Waals surface area contributed by atoms with Crippen LogP contribution in [0.2, 0.25) is 5.02 Å². The maximum Gasteiger partial charge on any atom is 0.252 e. The fraction of sp³-hybridized carbons (Fsp3) is 0.409. The second kappa shape index (κ2) is 10.4. The van der Waals surface area contributed by atoms with Crippen LogP contribution in [0.1, 0.15) is 29.8 Å². The largest absolute Gasteiger partial charge is 0.350 e. The lowest BCUT2D eigenvalue weighted by Crippen LogP contribution is -2.43. The number of sulfonamides is 1. The normalized spacial score (nSPS) is 13.1. The summed E-state index contributed by atoms with van der Waals surface area (Å²) in [6.07, 6.45) is 0. The van der Waals surface area contributed by atoms with Gasteiger partial charge in [0.05, 0.1) is 15.5 Å². The standard InChI is InChI=1S/C22H30ClN3O3S/c1-16(2)21(25(3)4)14-24-22(27)19-13-18(11-12-20(19)23)30(28,29)26(5)15-17-9-7-6-8-10-17/h6-13,16,21H,14-15H2,1-5H3,(H,24,27)/t21-/m0/s1. The maximum atomic E-state index is 13.0. The molecule has 0 unspecified atom stereocenters. The molecule has 2 aromatic rings. The van der Waals surface area contributed by atoms with Crippen molar-refractivity contribution < 1.29 is 13.2 Å². The molecule has 0 radical (unpaired) electrons. The van der Waals surface area contributed by atoms with Crippen molar-refractivity contribution in [2.24, 2.45) is 5.92 Å². The van der Waals surface area contributed by atoms with Gasteiger partial charge in [0.25, 0.3) is 5.91 Å². The van der Waals surface area contributed by atoms with Crippen molar-refractivity contribution in [3.05, 3.63) is 64.7 Å². The Morgan fingerprint density at radius 1 is 1.07 bits per heavy atom. The van der Waals surface area contributed by atoms with E-state index in [2.05, 4.69) is 19.2 Å². The highest BCUT2D eigenvalue weighted by atomic mass is 35.5. The number of rotatable bonds is 9. The third-order valence-electron chi connectivity index (χ3n) is 5.04. The Balaban J connectivity index is 2.21. The molecular formula is C22H30ClN3O3S. The van der Waals surface area contributed by atoms with Crippen molar-refractivity contribution in [3.63, 3.8) is 0 Å². The number of likely N-dealkylation sites (N-methyl/N-ethyl adjacent to an activating group) is 1. The van der Waals surface area contributed by atoms with Gasteiger partial charge in [-0.3, -0.25) is 4.79 Å². The predicted octanol–water partition coefficient (Wildman–Crippen LogP) is 3.48. The molecule has 0 saturated carbocycles. The third kappa shape index (κ3) is 6.04. The predicted molar refractivity (Wildman–Crippen MR) is 121 cm³/mol. The molecule has 0 fully saturated rings. The lowest BCUT2D eigenvalue weighted by Gasteiger charge is -2.28. The SMILES string of the molecule is CC(C)[C@H](CNC(=O)c1cc(S(=O)(=O)N(C)Cc2ccccc2)ccc1Cl)N(C)C.